The van der Waals surface area contributed by atoms with E-state index in [-0.39, 0.29) is 30.5 Å². The maximum Gasteiger partial charge on any atom is 0.395 e. The van der Waals surface area contributed by atoms with Crippen LogP contribution >= 0.6 is 7.60 Å². The lowest BCUT2D eigenvalue weighted by Gasteiger charge is -2.34. The van der Waals surface area contributed by atoms with Crippen molar-refractivity contribution in [3.8, 4) is 0 Å². The summed E-state index contributed by atoms with van der Waals surface area (Å²) in [5, 5.41) is 10.4. The van der Waals surface area contributed by atoms with Gasteiger partial charge in [0.25, 0.3) is 0 Å². The van der Waals surface area contributed by atoms with Gasteiger partial charge in [-0.15, -0.1) is 0 Å². The maximum atomic E-state index is 12.8. The minimum Gasteiger partial charge on any atom is -0.457 e. The predicted octanol–water partition coefficient (Wildman–Crippen LogP) is 5.45. The van der Waals surface area contributed by atoms with Crippen LogP contribution in [0.1, 0.15) is 72.6 Å². The van der Waals surface area contributed by atoms with E-state index in [1.165, 1.54) is 32.1 Å². The van der Waals surface area contributed by atoms with E-state index < -0.39 is 13.9 Å². The molecule has 0 radical (unpaired) electrons. The SMILES string of the molecule is CCCCCCCC[C@H]1C(O)OC(P(=O)(OCC)OCC)=C[C@@H]1C. The zero-order valence-electron chi connectivity index (χ0n) is 15.7. The first kappa shape index (κ1) is 21.7. The molecule has 142 valence electrons. The molecule has 6 heteroatoms. The van der Waals surface area contributed by atoms with Crippen LogP contribution in [0.25, 0.3) is 0 Å². The fourth-order valence-electron chi connectivity index (χ4n) is 3.08. The Morgan fingerprint density at radius 3 is 2.21 bits per heavy atom. The highest BCUT2D eigenvalue weighted by molar-refractivity contribution is 7.58. The highest BCUT2D eigenvalue weighted by Crippen LogP contribution is 2.58. The third-order valence-electron chi connectivity index (χ3n) is 4.45. The largest absolute Gasteiger partial charge is 0.457 e. The second-order valence-electron chi connectivity index (χ2n) is 6.43. The molecule has 5 nitrogen and oxygen atoms in total. The van der Waals surface area contributed by atoms with Gasteiger partial charge in [0.2, 0.25) is 11.8 Å². The molecule has 0 spiro atoms. The van der Waals surface area contributed by atoms with Crippen molar-refractivity contribution in [1.29, 1.82) is 0 Å². The molecule has 1 unspecified atom stereocenters. The third-order valence-corrected chi connectivity index (χ3v) is 6.44. The first-order chi connectivity index (χ1) is 11.5. The first-order valence-electron chi connectivity index (χ1n) is 9.44. The van der Waals surface area contributed by atoms with Crippen LogP contribution in [0.15, 0.2) is 11.6 Å². The van der Waals surface area contributed by atoms with E-state index in [0.717, 1.165) is 12.8 Å². The first-order valence-corrected chi connectivity index (χ1v) is 11.0. The average Bonchev–Trinajstić information content (AvgIpc) is 2.53. The lowest BCUT2D eigenvalue weighted by Crippen LogP contribution is -2.32. The van der Waals surface area contributed by atoms with Crippen molar-refractivity contribution in [3.05, 3.63) is 11.6 Å². The minimum absolute atomic E-state index is 0.0247. The number of aliphatic hydroxyl groups excluding tert-OH is 1. The second-order valence-corrected chi connectivity index (χ2v) is 8.38. The molecule has 0 bridgehead atoms. The number of ether oxygens (including phenoxy) is 1. The van der Waals surface area contributed by atoms with Crippen LogP contribution < -0.4 is 0 Å². The van der Waals surface area contributed by atoms with E-state index >= 15 is 0 Å². The molecule has 1 aliphatic rings. The highest BCUT2D eigenvalue weighted by atomic mass is 31.2. The summed E-state index contributed by atoms with van der Waals surface area (Å²) in [4.78, 5) is 0. The van der Waals surface area contributed by atoms with Gasteiger partial charge in [0.05, 0.1) is 13.2 Å². The quantitative estimate of drug-likeness (QED) is 0.370. The van der Waals surface area contributed by atoms with Crippen LogP contribution in [-0.2, 0) is 18.3 Å². The van der Waals surface area contributed by atoms with Crippen molar-refractivity contribution in [2.75, 3.05) is 13.2 Å². The molecule has 1 aliphatic heterocycles. The van der Waals surface area contributed by atoms with Gasteiger partial charge in [0.15, 0.2) is 0 Å². The molecule has 1 N–H and O–H groups in total. The Morgan fingerprint density at radius 1 is 1.08 bits per heavy atom. The lowest BCUT2D eigenvalue weighted by atomic mass is 9.87. The number of allylic oxidation sites excluding steroid dienone is 1. The Morgan fingerprint density at radius 2 is 1.67 bits per heavy atom. The summed E-state index contributed by atoms with van der Waals surface area (Å²) in [6.45, 7) is 8.29. The fourth-order valence-corrected chi connectivity index (χ4v) is 4.75. The molecule has 0 saturated carbocycles. The van der Waals surface area contributed by atoms with Gasteiger partial charge >= 0.3 is 7.60 Å². The summed E-state index contributed by atoms with van der Waals surface area (Å²) in [5.74, 6) is 0.102. The minimum atomic E-state index is -3.46. The molecule has 24 heavy (non-hydrogen) atoms. The van der Waals surface area contributed by atoms with E-state index in [2.05, 4.69) is 6.92 Å². The molecule has 0 aromatic rings. The molecule has 0 aromatic carbocycles. The molecule has 1 heterocycles. The smallest absolute Gasteiger partial charge is 0.395 e. The van der Waals surface area contributed by atoms with E-state index in [0.29, 0.717) is 0 Å². The average molecular weight is 362 g/mol. The van der Waals surface area contributed by atoms with Gasteiger partial charge in [-0.05, 0) is 32.3 Å². The third kappa shape index (κ3) is 6.51. The summed E-state index contributed by atoms with van der Waals surface area (Å²) >= 11 is 0. The number of hydrogen-bond acceptors (Lipinski definition) is 5. The van der Waals surface area contributed by atoms with E-state index in [1.54, 1.807) is 19.9 Å². The molecule has 0 amide bonds. The van der Waals surface area contributed by atoms with Crippen LogP contribution in [-0.4, -0.2) is 24.6 Å². The molecule has 0 aliphatic carbocycles. The Hall–Kier alpha value is -0.350. The lowest BCUT2D eigenvalue weighted by molar-refractivity contribution is -0.122. The van der Waals surface area contributed by atoms with Gasteiger partial charge in [0.1, 0.15) is 0 Å². The molecular formula is C18H35O5P. The topological polar surface area (TPSA) is 65.0 Å². The number of hydrogen-bond donors (Lipinski definition) is 1. The second kappa shape index (κ2) is 11.3. The summed E-state index contributed by atoms with van der Waals surface area (Å²) in [7, 11) is -3.46. The normalized spacial score (nSPS) is 24.5. The molecule has 0 aromatic heterocycles. The van der Waals surface area contributed by atoms with Crippen LogP contribution in [0, 0.1) is 11.8 Å². The van der Waals surface area contributed by atoms with Gasteiger partial charge < -0.3 is 18.9 Å². The Kier molecular flexibility index (Phi) is 10.2. The molecule has 3 atom stereocenters. The zero-order chi connectivity index (χ0) is 18.0. The van der Waals surface area contributed by atoms with Crippen molar-refractivity contribution in [3.63, 3.8) is 0 Å². The Labute approximate surface area is 147 Å². The van der Waals surface area contributed by atoms with Crippen molar-refractivity contribution in [2.45, 2.75) is 78.9 Å². The van der Waals surface area contributed by atoms with Crippen molar-refractivity contribution >= 4 is 7.60 Å². The summed E-state index contributed by atoms with van der Waals surface area (Å²) in [6.07, 6.45) is 9.10. The molecule has 1 rings (SSSR count). The van der Waals surface area contributed by atoms with E-state index in [4.69, 9.17) is 13.8 Å². The fraction of sp³-hybridized carbons (Fsp3) is 0.889. The molecule has 0 saturated heterocycles. The Bertz CT molecular complexity index is 414. The van der Waals surface area contributed by atoms with E-state index in [1.807, 2.05) is 6.92 Å². The van der Waals surface area contributed by atoms with Crippen LogP contribution in [0.3, 0.4) is 0 Å². The summed E-state index contributed by atoms with van der Waals surface area (Å²) < 4.78 is 28.9. The van der Waals surface area contributed by atoms with Crippen LogP contribution in [0.2, 0.25) is 0 Å². The predicted molar refractivity (Wildman–Crippen MR) is 96.7 cm³/mol. The van der Waals surface area contributed by atoms with Crippen molar-refractivity contribution in [2.24, 2.45) is 11.8 Å². The van der Waals surface area contributed by atoms with Gasteiger partial charge in [-0.1, -0.05) is 52.4 Å². The zero-order valence-corrected chi connectivity index (χ0v) is 16.6. The van der Waals surface area contributed by atoms with Crippen LogP contribution in [0.5, 0.6) is 0 Å². The number of rotatable bonds is 12. The van der Waals surface area contributed by atoms with Crippen molar-refractivity contribution in [1.82, 2.24) is 0 Å². The molecule has 0 fully saturated rings. The van der Waals surface area contributed by atoms with Gasteiger partial charge in [-0.25, -0.2) is 0 Å². The highest BCUT2D eigenvalue weighted by Gasteiger charge is 2.40. The molecular weight excluding hydrogens is 327 g/mol. The number of unbranched alkanes of at least 4 members (excludes halogenated alkanes) is 5. The van der Waals surface area contributed by atoms with Crippen LogP contribution in [0.4, 0.5) is 0 Å². The maximum absolute atomic E-state index is 12.8. The Balaban J connectivity index is 2.60. The monoisotopic (exact) mass is 362 g/mol. The van der Waals surface area contributed by atoms with E-state index in [9.17, 15) is 9.67 Å². The summed E-state index contributed by atoms with van der Waals surface area (Å²) in [5.41, 5.74) is 0.158. The van der Waals surface area contributed by atoms with Gasteiger partial charge in [-0.2, -0.15) is 0 Å². The standard InChI is InChI=1S/C18H35O5P/c1-5-8-9-10-11-12-13-16-15(4)14-17(23-18(16)19)24(20,21-6-2)22-7-3/h14-16,18-19H,5-13H2,1-4H3/t15-,16+,18?/m0/s1. The number of aliphatic hydroxyl groups is 1. The van der Waals surface area contributed by atoms with Gasteiger partial charge in [-0.3, -0.25) is 4.57 Å². The van der Waals surface area contributed by atoms with Crippen molar-refractivity contribution < 1.29 is 23.5 Å². The van der Waals surface area contributed by atoms with Gasteiger partial charge in [0, 0.05) is 5.92 Å². The summed E-state index contributed by atoms with van der Waals surface area (Å²) in [6, 6.07) is 0.